The summed E-state index contributed by atoms with van der Waals surface area (Å²) >= 11 is 0.842. The Morgan fingerprint density at radius 1 is 1.10 bits per heavy atom. The molecule has 0 aliphatic carbocycles. The zero-order chi connectivity index (χ0) is 20.5. The minimum atomic E-state index is -0.455. The summed E-state index contributed by atoms with van der Waals surface area (Å²) in [4.78, 5) is 52.2. The van der Waals surface area contributed by atoms with Crippen molar-refractivity contribution in [3.8, 4) is 0 Å². The molecular weight excluding hydrogens is 388 g/mol. The van der Waals surface area contributed by atoms with Crippen molar-refractivity contribution in [2.24, 2.45) is 0 Å². The molecule has 6 nitrogen and oxygen atoms in total. The summed E-state index contributed by atoms with van der Waals surface area (Å²) in [5.74, 6) is -0.799. The number of carbonyl (C=O) groups excluding carboxylic acids is 4. The fourth-order valence-corrected chi connectivity index (χ4v) is 4.28. The van der Waals surface area contributed by atoms with Gasteiger partial charge in [0.05, 0.1) is 4.91 Å². The highest BCUT2D eigenvalue weighted by Crippen LogP contribution is 2.33. The highest BCUT2D eigenvalue weighted by atomic mass is 32.2. The minimum Gasteiger partial charge on any atom is -0.310 e. The molecule has 3 amide bonds. The van der Waals surface area contributed by atoms with Crippen molar-refractivity contribution in [2.75, 3.05) is 18.0 Å². The highest BCUT2D eigenvalue weighted by molar-refractivity contribution is 8.18. The van der Waals surface area contributed by atoms with Crippen LogP contribution in [0.15, 0.2) is 53.4 Å². The third-order valence-electron chi connectivity index (χ3n) is 4.95. The van der Waals surface area contributed by atoms with Crippen LogP contribution >= 0.6 is 11.8 Å². The van der Waals surface area contributed by atoms with Gasteiger partial charge in [-0.05, 0) is 60.5 Å². The molecule has 7 heteroatoms. The van der Waals surface area contributed by atoms with Gasteiger partial charge in [-0.3, -0.25) is 24.1 Å². The largest absolute Gasteiger partial charge is 0.310 e. The first kappa shape index (κ1) is 19.1. The van der Waals surface area contributed by atoms with Crippen LogP contribution in [-0.4, -0.2) is 40.8 Å². The molecule has 2 aliphatic heterocycles. The molecule has 0 aromatic heterocycles. The zero-order valence-corrected chi connectivity index (χ0v) is 16.6. The van der Waals surface area contributed by atoms with Gasteiger partial charge in [0.1, 0.15) is 6.54 Å². The number of imide groups is 1. The molecule has 0 radical (unpaired) electrons. The smallest absolute Gasteiger partial charge is 0.294 e. The Hall–Kier alpha value is -3.19. The second kappa shape index (κ2) is 7.67. The molecule has 0 N–H and O–H groups in total. The van der Waals surface area contributed by atoms with Gasteiger partial charge >= 0.3 is 0 Å². The van der Waals surface area contributed by atoms with Crippen LogP contribution in [0, 0.1) is 0 Å². The third-order valence-corrected chi connectivity index (χ3v) is 5.85. The lowest BCUT2D eigenvalue weighted by Gasteiger charge is -2.20. The number of fused-ring (bicyclic) bond motifs is 1. The van der Waals surface area contributed by atoms with Crippen molar-refractivity contribution in [1.82, 2.24) is 4.90 Å². The quantitative estimate of drug-likeness (QED) is 0.574. The van der Waals surface area contributed by atoms with E-state index in [2.05, 4.69) is 0 Å². The number of thioether (sulfide) groups is 1. The second-order valence-electron chi connectivity index (χ2n) is 6.87. The maximum Gasteiger partial charge on any atom is 0.294 e. The first-order valence-electron chi connectivity index (χ1n) is 9.18. The van der Waals surface area contributed by atoms with E-state index in [1.807, 2.05) is 30.3 Å². The lowest BCUT2D eigenvalue weighted by molar-refractivity contribution is -0.128. The van der Waals surface area contributed by atoms with Crippen molar-refractivity contribution < 1.29 is 19.2 Å². The van der Waals surface area contributed by atoms with Gasteiger partial charge in [0.25, 0.3) is 11.1 Å². The van der Waals surface area contributed by atoms with Crippen molar-refractivity contribution in [3.05, 3.63) is 70.1 Å². The maximum absolute atomic E-state index is 12.8. The van der Waals surface area contributed by atoms with E-state index < -0.39 is 11.1 Å². The Labute approximate surface area is 172 Å². The Morgan fingerprint density at radius 3 is 2.59 bits per heavy atom. The van der Waals surface area contributed by atoms with Crippen LogP contribution in [0.25, 0.3) is 6.08 Å². The summed E-state index contributed by atoms with van der Waals surface area (Å²) in [7, 11) is 0. The molecule has 4 rings (SSSR count). The van der Waals surface area contributed by atoms with Crippen LogP contribution < -0.4 is 4.90 Å². The van der Waals surface area contributed by atoms with Gasteiger partial charge in [0.2, 0.25) is 5.91 Å². The number of hydrogen-bond donors (Lipinski definition) is 0. The van der Waals surface area contributed by atoms with Gasteiger partial charge in [-0.2, -0.15) is 0 Å². The van der Waals surface area contributed by atoms with Crippen molar-refractivity contribution in [1.29, 1.82) is 0 Å². The molecule has 2 aliphatic rings. The fourth-order valence-electron chi connectivity index (χ4n) is 3.44. The molecule has 0 saturated carbocycles. The fraction of sp³-hybridized carbons (Fsp3) is 0.182. The summed E-state index contributed by atoms with van der Waals surface area (Å²) in [5.41, 5.74) is 3.07. The molecule has 29 heavy (non-hydrogen) atoms. The molecule has 1 saturated heterocycles. The molecule has 146 valence electrons. The Morgan fingerprint density at radius 2 is 1.86 bits per heavy atom. The average Bonchev–Trinajstić information content (AvgIpc) is 3.24. The molecular formula is C22H18N2O4S. The summed E-state index contributed by atoms with van der Waals surface area (Å²) < 4.78 is 0. The predicted octanol–water partition coefficient (Wildman–Crippen LogP) is 3.51. The topological polar surface area (TPSA) is 74.8 Å². The molecule has 2 heterocycles. The van der Waals surface area contributed by atoms with Crippen LogP contribution in [0.1, 0.15) is 28.4 Å². The van der Waals surface area contributed by atoms with Crippen molar-refractivity contribution in [3.63, 3.8) is 0 Å². The third kappa shape index (κ3) is 3.73. The van der Waals surface area contributed by atoms with E-state index in [1.165, 1.54) is 6.92 Å². The van der Waals surface area contributed by atoms with E-state index >= 15 is 0 Å². The van der Waals surface area contributed by atoms with Crippen LogP contribution in [0.5, 0.6) is 0 Å². The van der Waals surface area contributed by atoms with Crippen LogP contribution in [0.4, 0.5) is 10.5 Å². The van der Waals surface area contributed by atoms with E-state index in [0.717, 1.165) is 33.5 Å². The molecule has 0 bridgehead atoms. The van der Waals surface area contributed by atoms with E-state index in [4.69, 9.17) is 0 Å². The van der Waals surface area contributed by atoms with Gasteiger partial charge < -0.3 is 4.90 Å². The number of rotatable bonds is 4. The van der Waals surface area contributed by atoms with Crippen LogP contribution in [-0.2, 0) is 16.0 Å². The Balaban J connectivity index is 1.50. The van der Waals surface area contributed by atoms with Gasteiger partial charge in [0, 0.05) is 17.8 Å². The normalized spacial score (nSPS) is 17.2. The van der Waals surface area contributed by atoms with E-state index in [0.29, 0.717) is 23.4 Å². The van der Waals surface area contributed by atoms with Gasteiger partial charge in [-0.15, -0.1) is 0 Å². The number of anilines is 1. The van der Waals surface area contributed by atoms with Gasteiger partial charge in [-0.1, -0.05) is 30.3 Å². The number of hydrogen-bond acceptors (Lipinski definition) is 5. The molecule has 2 aromatic carbocycles. The van der Waals surface area contributed by atoms with Gasteiger partial charge in [0.15, 0.2) is 5.78 Å². The standard InChI is InChI=1S/C22H18N2O4S/c1-14(25)16-7-8-18-17(12-16)9-10-23(18)20(26)13-24-21(27)19(29-22(24)28)11-15-5-3-2-4-6-15/h2-8,11-12H,9-10,13H2,1H3/b19-11+. The SMILES string of the molecule is CC(=O)c1ccc2c(c1)CCN2C(=O)CN1C(=O)S/C(=C/c2ccccc2)C1=O. The first-order chi connectivity index (χ1) is 13.9. The van der Waals surface area contributed by atoms with E-state index in [9.17, 15) is 19.2 Å². The average molecular weight is 406 g/mol. The monoisotopic (exact) mass is 406 g/mol. The second-order valence-corrected chi connectivity index (χ2v) is 7.87. The zero-order valence-electron chi connectivity index (χ0n) is 15.8. The van der Waals surface area contributed by atoms with Crippen LogP contribution in [0.2, 0.25) is 0 Å². The number of Topliss-reactive ketones (excluding diaryl/α,β-unsaturated/α-hetero) is 1. The predicted molar refractivity (Wildman–Crippen MR) is 112 cm³/mol. The number of carbonyl (C=O) groups is 4. The number of benzene rings is 2. The van der Waals surface area contributed by atoms with E-state index in [1.54, 1.807) is 29.2 Å². The van der Waals surface area contributed by atoms with Crippen LogP contribution in [0.3, 0.4) is 0 Å². The summed E-state index contributed by atoms with van der Waals surface area (Å²) in [5, 5.41) is -0.447. The summed E-state index contributed by atoms with van der Waals surface area (Å²) in [6.07, 6.45) is 2.29. The lowest BCUT2D eigenvalue weighted by Crippen LogP contribution is -2.41. The summed E-state index contributed by atoms with van der Waals surface area (Å²) in [6, 6.07) is 14.5. The lowest BCUT2D eigenvalue weighted by atomic mass is 10.1. The maximum atomic E-state index is 12.8. The number of ketones is 1. The minimum absolute atomic E-state index is 0.0272. The Bertz CT molecular complexity index is 1060. The van der Waals surface area contributed by atoms with E-state index in [-0.39, 0.29) is 18.2 Å². The number of nitrogens with zero attached hydrogens (tertiary/aromatic N) is 2. The number of amides is 3. The molecule has 2 aromatic rings. The molecule has 0 spiro atoms. The van der Waals surface area contributed by atoms with Gasteiger partial charge in [-0.25, -0.2) is 0 Å². The molecule has 0 unspecified atom stereocenters. The summed E-state index contributed by atoms with van der Waals surface area (Å²) in [6.45, 7) is 1.67. The molecule has 1 fully saturated rings. The van der Waals surface area contributed by atoms with Crippen molar-refractivity contribution in [2.45, 2.75) is 13.3 Å². The highest BCUT2D eigenvalue weighted by Gasteiger charge is 2.38. The van der Waals surface area contributed by atoms with Crippen molar-refractivity contribution >= 4 is 46.4 Å². The Kier molecular flexibility index (Phi) is 5.07. The first-order valence-corrected chi connectivity index (χ1v) is 10.0. The molecule has 0 atom stereocenters.